The van der Waals surface area contributed by atoms with Gasteiger partial charge in [0.05, 0.1) is 16.3 Å². The van der Waals surface area contributed by atoms with Gasteiger partial charge >= 0.3 is 0 Å². The molecule has 4 aromatic rings. The van der Waals surface area contributed by atoms with Crippen LogP contribution in [0.15, 0.2) is 72.0 Å². The molecule has 0 saturated carbocycles. The van der Waals surface area contributed by atoms with Gasteiger partial charge in [0, 0.05) is 42.0 Å². The Morgan fingerprint density at radius 1 is 1.13 bits per heavy atom. The Labute approximate surface area is 188 Å². The van der Waals surface area contributed by atoms with E-state index in [1.54, 1.807) is 36.1 Å². The second kappa shape index (κ2) is 9.32. The molecule has 0 fully saturated rings. The van der Waals surface area contributed by atoms with E-state index in [4.69, 9.17) is 11.6 Å². The first-order chi connectivity index (χ1) is 15.0. The highest BCUT2D eigenvalue weighted by molar-refractivity contribution is 7.99. The normalized spacial score (nSPS) is 10.9. The van der Waals surface area contributed by atoms with Gasteiger partial charge in [0.25, 0.3) is 0 Å². The third-order valence-corrected chi connectivity index (χ3v) is 6.03. The molecule has 0 atom stereocenters. The molecule has 0 bridgehead atoms. The van der Waals surface area contributed by atoms with E-state index in [1.165, 1.54) is 11.8 Å². The van der Waals surface area contributed by atoms with Gasteiger partial charge in [-0.1, -0.05) is 59.8 Å². The number of imidazole rings is 1. The Bertz CT molecular complexity index is 1270. The molecule has 8 heteroatoms. The van der Waals surface area contributed by atoms with E-state index in [-0.39, 0.29) is 17.4 Å². The van der Waals surface area contributed by atoms with Crippen LogP contribution in [0.4, 0.5) is 0 Å². The number of ketones is 1. The van der Waals surface area contributed by atoms with Gasteiger partial charge in [-0.2, -0.15) is 0 Å². The first-order valence-corrected chi connectivity index (χ1v) is 10.9. The molecular weight excluding hydrogens is 432 g/mol. The minimum absolute atomic E-state index is 0.142. The topological polar surface area (TPSA) is 76.9 Å². The summed E-state index contributed by atoms with van der Waals surface area (Å²) in [6, 6.07) is 16.6. The average Bonchev–Trinajstić information content (AvgIpc) is 3.22. The largest absolute Gasteiger partial charge is 0.351 e. The van der Waals surface area contributed by atoms with Crippen molar-refractivity contribution in [1.82, 2.24) is 19.9 Å². The first kappa shape index (κ1) is 21.1. The van der Waals surface area contributed by atoms with Crippen LogP contribution in [0.3, 0.4) is 0 Å². The van der Waals surface area contributed by atoms with Crippen molar-refractivity contribution >= 4 is 46.0 Å². The quantitative estimate of drug-likeness (QED) is 0.336. The van der Waals surface area contributed by atoms with Crippen LogP contribution in [0.25, 0.3) is 10.9 Å². The van der Waals surface area contributed by atoms with Gasteiger partial charge in [-0.15, -0.1) is 0 Å². The molecule has 0 spiro atoms. The summed E-state index contributed by atoms with van der Waals surface area (Å²) in [5.41, 5.74) is 2.06. The second-order valence-electron chi connectivity index (χ2n) is 6.87. The van der Waals surface area contributed by atoms with Crippen LogP contribution in [0, 0.1) is 0 Å². The van der Waals surface area contributed by atoms with Crippen molar-refractivity contribution < 1.29 is 9.59 Å². The molecule has 156 valence electrons. The van der Waals surface area contributed by atoms with Crippen LogP contribution in [0.1, 0.15) is 21.7 Å². The molecule has 0 aliphatic rings. The molecule has 0 aliphatic heterocycles. The van der Waals surface area contributed by atoms with Crippen LogP contribution < -0.4 is 5.32 Å². The second-order valence-corrected chi connectivity index (χ2v) is 8.28. The molecule has 0 radical (unpaired) electrons. The summed E-state index contributed by atoms with van der Waals surface area (Å²) in [5.74, 6) is 0.198. The van der Waals surface area contributed by atoms with E-state index in [2.05, 4.69) is 15.3 Å². The molecule has 0 unspecified atom stereocenters. The molecule has 6 nitrogen and oxygen atoms in total. The minimum atomic E-state index is -0.184. The van der Waals surface area contributed by atoms with Crippen molar-refractivity contribution in [3.8, 4) is 0 Å². The van der Waals surface area contributed by atoms with Gasteiger partial charge in [0.15, 0.2) is 5.82 Å². The smallest absolute Gasteiger partial charge is 0.230 e. The first-order valence-electron chi connectivity index (χ1n) is 9.57. The van der Waals surface area contributed by atoms with Crippen LogP contribution in [-0.2, 0) is 18.4 Å². The number of aryl methyl sites for hydroxylation is 1. The van der Waals surface area contributed by atoms with Gasteiger partial charge in [0.1, 0.15) is 0 Å². The van der Waals surface area contributed by atoms with E-state index >= 15 is 0 Å². The lowest BCUT2D eigenvalue weighted by molar-refractivity contribution is -0.118. The summed E-state index contributed by atoms with van der Waals surface area (Å²) in [5, 5.41) is 4.83. The number of hydrogen-bond acceptors (Lipinski definition) is 5. The summed E-state index contributed by atoms with van der Waals surface area (Å²) in [6.07, 6.45) is 3.32. The van der Waals surface area contributed by atoms with Gasteiger partial charge < -0.3 is 9.88 Å². The number of hydrogen-bond donors (Lipinski definition) is 1. The van der Waals surface area contributed by atoms with Crippen molar-refractivity contribution in [2.75, 3.05) is 5.75 Å². The SMILES string of the molecule is Cn1ccnc1C(=O)c1cc(SCC(=O)NCc2ccccc2Cl)nc2ccccc12. The molecule has 2 aromatic heterocycles. The van der Waals surface area contributed by atoms with Crippen LogP contribution in [-0.4, -0.2) is 32.0 Å². The van der Waals surface area contributed by atoms with Gasteiger partial charge in [-0.3, -0.25) is 9.59 Å². The number of rotatable bonds is 7. The predicted octanol–water partition coefficient (Wildman–Crippen LogP) is 4.26. The standard InChI is InChI=1S/C23H19ClN4O2S/c1-28-11-10-25-23(28)22(30)17-12-21(27-19-9-5-3-7-16(17)19)31-14-20(29)26-13-15-6-2-4-8-18(15)24/h2-12H,13-14H2,1H3,(H,26,29). The highest BCUT2D eigenvalue weighted by atomic mass is 35.5. The van der Waals surface area contributed by atoms with Crippen molar-refractivity contribution in [1.29, 1.82) is 0 Å². The molecule has 0 aliphatic carbocycles. The Hall–Kier alpha value is -3.16. The van der Waals surface area contributed by atoms with Crippen molar-refractivity contribution in [2.24, 2.45) is 7.05 Å². The highest BCUT2D eigenvalue weighted by Gasteiger charge is 2.19. The maximum atomic E-state index is 13.1. The highest BCUT2D eigenvalue weighted by Crippen LogP contribution is 2.26. The molecule has 1 N–H and O–H groups in total. The maximum Gasteiger partial charge on any atom is 0.230 e. The Morgan fingerprint density at radius 2 is 1.90 bits per heavy atom. The predicted molar refractivity (Wildman–Crippen MR) is 122 cm³/mol. The Kier molecular flexibility index (Phi) is 6.34. The number of nitrogens with zero attached hydrogens (tertiary/aromatic N) is 3. The number of nitrogens with one attached hydrogen (secondary N) is 1. The number of para-hydroxylation sites is 1. The van der Waals surface area contributed by atoms with E-state index in [0.717, 1.165) is 10.9 Å². The monoisotopic (exact) mass is 450 g/mol. The zero-order valence-electron chi connectivity index (χ0n) is 16.7. The Morgan fingerprint density at radius 3 is 2.68 bits per heavy atom. The lowest BCUT2D eigenvalue weighted by atomic mass is 10.1. The van der Waals surface area contributed by atoms with Gasteiger partial charge in [-0.25, -0.2) is 9.97 Å². The fourth-order valence-corrected chi connectivity index (χ4v) is 4.09. The number of amides is 1. The van der Waals surface area contributed by atoms with Crippen LogP contribution >= 0.6 is 23.4 Å². The van der Waals surface area contributed by atoms with E-state index in [9.17, 15) is 9.59 Å². The number of aromatic nitrogens is 3. The number of carbonyl (C=O) groups excluding carboxylic acids is 2. The third kappa shape index (κ3) is 4.78. The van der Waals surface area contributed by atoms with Gasteiger partial charge in [-0.05, 0) is 23.8 Å². The lowest BCUT2D eigenvalue weighted by Gasteiger charge is -2.10. The van der Waals surface area contributed by atoms with Crippen molar-refractivity contribution in [3.05, 3.63) is 89.0 Å². The fourth-order valence-electron chi connectivity index (χ4n) is 3.14. The number of fused-ring (bicyclic) bond motifs is 1. The average molecular weight is 451 g/mol. The molecule has 1 amide bonds. The van der Waals surface area contributed by atoms with Gasteiger partial charge in [0.2, 0.25) is 11.7 Å². The molecule has 4 rings (SSSR count). The summed E-state index contributed by atoms with van der Waals surface area (Å²) < 4.78 is 1.69. The Balaban J connectivity index is 1.52. The summed E-state index contributed by atoms with van der Waals surface area (Å²) in [4.78, 5) is 34.2. The number of thioether (sulfide) groups is 1. The number of halogens is 1. The third-order valence-electron chi connectivity index (χ3n) is 4.75. The maximum absolute atomic E-state index is 13.1. The summed E-state index contributed by atoms with van der Waals surface area (Å²) >= 11 is 7.41. The molecule has 2 aromatic carbocycles. The number of pyridine rings is 1. The van der Waals surface area contributed by atoms with Crippen molar-refractivity contribution in [2.45, 2.75) is 11.6 Å². The molecule has 2 heterocycles. The fraction of sp³-hybridized carbons (Fsp3) is 0.130. The molecule has 31 heavy (non-hydrogen) atoms. The number of carbonyl (C=O) groups is 2. The zero-order valence-corrected chi connectivity index (χ0v) is 18.3. The van der Waals surface area contributed by atoms with E-state index < -0.39 is 0 Å². The van der Waals surface area contributed by atoms with Crippen LogP contribution in [0.2, 0.25) is 5.02 Å². The lowest BCUT2D eigenvalue weighted by Crippen LogP contribution is -2.24. The van der Waals surface area contributed by atoms with Crippen molar-refractivity contribution in [3.63, 3.8) is 0 Å². The van der Waals surface area contributed by atoms with Crippen LogP contribution in [0.5, 0.6) is 0 Å². The number of benzene rings is 2. The van der Waals surface area contributed by atoms with E-state index in [0.29, 0.717) is 33.5 Å². The van der Waals surface area contributed by atoms with E-state index in [1.807, 2.05) is 42.5 Å². The molecular formula is C23H19ClN4O2S. The molecule has 0 saturated heterocycles. The minimum Gasteiger partial charge on any atom is -0.351 e. The zero-order chi connectivity index (χ0) is 21.8. The summed E-state index contributed by atoms with van der Waals surface area (Å²) in [6.45, 7) is 0.354. The summed E-state index contributed by atoms with van der Waals surface area (Å²) in [7, 11) is 1.78.